The third-order valence-corrected chi connectivity index (χ3v) is 6.08. The second kappa shape index (κ2) is 7.95. The molecule has 31 heavy (non-hydrogen) atoms. The third kappa shape index (κ3) is 3.48. The number of carbonyl (C=O) groups is 1. The lowest BCUT2D eigenvalue weighted by Crippen LogP contribution is -2.40. The summed E-state index contributed by atoms with van der Waals surface area (Å²) in [5, 5.41) is 1.24. The fraction of sp³-hybridized carbons (Fsp3) is 0.222. The Morgan fingerprint density at radius 1 is 1.06 bits per heavy atom. The van der Waals surface area contributed by atoms with Gasteiger partial charge in [-0.1, -0.05) is 48.0 Å². The van der Waals surface area contributed by atoms with Crippen LogP contribution in [0.15, 0.2) is 72.8 Å². The monoisotopic (exact) mass is 410 g/mol. The van der Waals surface area contributed by atoms with Gasteiger partial charge in [0.1, 0.15) is 5.75 Å². The summed E-state index contributed by atoms with van der Waals surface area (Å²) >= 11 is 0. The molecule has 0 saturated carbocycles. The lowest BCUT2D eigenvalue weighted by atomic mass is 9.91. The zero-order valence-corrected chi connectivity index (χ0v) is 17.9. The highest BCUT2D eigenvalue weighted by Gasteiger charge is 2.35. The molecule has 4 aromatic rings. The number of hydrogen-bond acceptors (Lipinski definition) is 2. The van der Waals surface area contributed by atoms with Crippen molar-refractivity contribution < 1.29 is 9.53 Å². The maximum atomic E-state index is 13.6. The molecule has 4 heteroatoms. The average Bonchev–Trinajstić information content (AvgIpc) is 3.17. The number of aromatic nitrogens is 1. The van der Waals surface area contributed by atoms with Gasteiger partial charge in [0.05, 0.1) is 12.6 Å². The number of amides is 1. The number of benzene rings is 3. The topological polar surface area (TPSA) is 45.3 Å². The molecule has 0 unspecified atom stereocenters. The molecule has 0 spiro atoms. The maximum Gasteiger partial charge on any atom is 0.254 e. The molecule has 1 atom stereocenters. The minimum atomic E-state index is -0.189. The molecular formula is C27H26N2O2. The molecule has 0 saturated heterocycles. The lowest BCUT2D eigenvalue weighted by Gasteiger charge is -2.36. The van der Waals surface area contributed by atoms with Crippen LogP contribution in [-0.2, 0) is 6.42 Å². The van der Waals surface area contributed by atoms with Crippen molar-refractivity contribution in [2.75, 3.05) is 13.2 Å². The zero-order chi connectivity index (χ0) is 21.4. The van der Waals surface area contributed by atoms with Crippen LogP contribution in [0.4, 0.5) is 0 Å². The van der Waals surface area contributed by atoms with Gasteiger partial charge >= 0.3 is 0 Å². The number of hydrogen-bond donors (Lipinski definition) is 1. The van der Waals surface area contributed by atoms with E-state index in [1.165, 1.54) is 10.9 Å². The van der Waals surface area contributed by atoms with Crippen molar-refractivity contribution in [1.29, 1.82) is 0 Å². The second-order valence-electron chi connectivity index (χ2n) is 8.09. The summed E-state index contributed by atoms with van der Waals surface area (Å²) in [6, 6.07) is 24.2. The number of carbonyl (C=O) groups excluding carboxylic acids is 1. The molecule has 0 fully saturated rings. The second-order valence-corrected chi connectivity index (χ2v) is 8.09. The number of H-pyrrole nitrogens is 1. The number of ether oxygens (including phenoxy) is 1. The van der Waals surface area contributed by atoms with E-state index in [2.05, 4.69) is 35.3 Å². The van der Waals surface area contributed by atoms with Gasteiger partial charge in [-0.2, -0.15) is 0 Å². The van der Waals surface area contributed by atoms with E-state index < -0.39 is 0 Å². The minimum Gasteiger partial charge on any atom is -0.494 e. The van der Waals surface area contributed by atoms with Gasteiger partial charge in [0, 0.05) is 28.7 Å². The van der Waals surface area contributed by atoms with E-state index >= 15 is 0 Å². The van der Waals surface area contributed by atoms with Crippen LogP contribution in [0, 0.1) is 6.92 Å². The Labute approximate surface area is 182 Å². The fourth-order valence-corrected chi connectivity index (χ4v) is 4.61. The standard InChI is InChI=1S/C27H26N2O2/c1-3-31-21-8-6-7-20(17-21)26-25-23(22-9-4-5-10-24(22)28-25)15-16-29(26)27(30)19-13-11-18(2)12-14-19/h4-14,17,26,28H,3,15-16H2,1-2H3/t26-/m0/s1. The highest BCUT2D eigenvalue weighted by molar-refractivity contribution is 5.95. The number of rotatable bonds is 4. The molecule has 1 aliphatic rings. The molecular weight excluding hydrogens is 384 g/mol. The Hall–Kier alpha value is -3.53. The van der Waals surface area contributed by atoms with Crippen LogP contribution in [-0.4, -0.2) is 28.9 Å². The van der Waals surface area contributed by atoms with Gasteiger partial charge < -0.3 is 14.6 Å². The van der Waals surface area contributed by atoms with Gasteiger partial charge in [0.15, 0.2) is 0 Å². The summed E-state index contributed by atoms with van der Waals surface area (Å²) < 4.78 is 5.76. The van der Waals surface area contributed by atoms with Crippen LogP contribution in [0.5, 0.6) is 5.75 Å². The van der Waals surface area contributed by atoms with E-state index in [1.54, 1.807) is 0 Å². The van der Waals surface area contributed by atoms with Crippen LogP contribution in [0.2, 0.25) is 0 Å². The first-order valence-electron chi connectivity index (χ1n) is 10.9. The van der Waals surface area contributed by atoms with Crippen molar-refractivity contribution >= 4 is 16.8 Å². The van der Waals surface area contributed by atoms with E-state index in [9.17, 15) is 4.79 Å². The number of nitrogens with one attached hydrogen (secondary N) is 1. The van der Waals surface area contributed by atoms with Gasteiger partial charge in [-0.05, 0) is 61.7 Å². The largest absolute Gasteiger partial charge is 0.494 e. The fourth-order valence-electron chi connectivity index (χ4n) is 4.61. The Morgan fingerprint density at radius 2 is 1.87 bits per heavy atom. The van der Waals surface area contributed by atoms with Crippen LogP contribution in [0.1, 0.15) is 45.7 Å². The molecule has 0 radical (unpaired) electrons. The van der Waals surface area contributed by atoms with Crippen LogP contribution >= 0.6 is 0 Å². The van der Waals surface area contributed by atoms with Crippen molar-refractivity contribution in [2.45, 2.75) is 26.3 Å². The zero-order valence-electron chi connectivity index (χ0n) is 17.9. The Kier molecular flexibility index (Phi) is 4.99. The number of fused-ring (bicyclic) bond motifs is 3. The first kappa shape index (κ1) is 19.4. The molecule has 1 aromatic heterocycles. The van der Waals surface area contributed by atoms with Gasteiger partial charge in [-0.3, -0.25) is 4.79 Å². The lowest BCUT2D eigenvalue weighted by molar-refractivity contribution is 0.0691. The smallest absolute Gasteiger partial charge is 0.254 e. The highest BCUT2D eigenvalue weighted by Crippen LogP contribution is 2.39. The molecule has 3 aromatic carbocycles. The number of aryl methyl sites for hydroxylation is 1. The molecule has 2 heterocycles. The van der Waals surface area contributed by atoms with Gasteiger partial charge in [-0.25, -0.2) is 0 Å². The van der Waals surface area contributed by atoms with Crippen molar-refractivity contribution in [3.05, 3.63) is 101 Å². The first-order valence-corrected chi connectivity index (χ1v) is 10.9. The summed E-state index contributed by atoms with van der Waals surface area (Å²) in [4.78, 5) is 19.2. The molecule has 1 N–H and O–H groups in total. The van der Waals surface area contributed by atoms with Crippen molar-refractivity contribution in [2.24, 2.45) is 0 Å². The Bertz CT molecular complexity index is 1240. The van der Waals surface area contributed by atoms with Crippen LogP contribution in [0.3, 0.4) is 0 Å². The first-order chi connectivity index (χ1) is 15.2. The molecule has 1 aliphatic heterocycles. The van der Waals surface area contributed by atoms with Crippen molar-refractivity contribution in [3.8, 4) is 5.75 Å². The molecule has 0 bridgehead atoms. The normalized spacial score (nSPS) is 15.7. The van der Waals surface area contributed by atoms with Crippen LogP contribution < -0.4 is 4.74 Å². The van der Waals surface area contributed by atoms with E-state index in [1.807, 2.05) is 61.2 Å². The summed E-state index contributed by atoms with van der Waals surface area (Å²) in [6.45, 7) is 5.30. The maximum absolute atomic E-state index is 13.6. The summed E-state index contributed by atoms with van der Waals surface area (Å²) in [7, 11) is 0. The van der Waals surface area contributed by atoms with Crippen molar-refractivity contribution in [1.82, 2.24) is 9.88 Å². The number of nitrogens with zero attached hydrogens (tertiary/aromatic N) is 1. The van der Waals surface area contributed by atoms with E-state index in [-0.39, 0.29) is 11.9 Å². The SMILES string of the molecule is CCOc1cccc([C@H]2c3[nH]c4ccccc4c3CCN2C(=O)c2ccc(C)cc2)c1. The number of para-hydroxylation sites is 1. The highest BCUT2D eigenvalue weighted by atomic mass is 16.5. The van der Waals surface area contributed by atoms with E-state index in [4.69, 9.17) is 4.74 Å². The van der Waals surface area contributed by atoms with Gasteiger partial charge in [0.25, 0.3) is 5.91 Å². The van der Waals surface area contributed by atoms with E-state index in [0.717, 1.165) is 40.1 Å². The molecule has 0 aliphatic carbocycles. The summed E-state index contributed by atoms with van der Waals surface area (Å²) in [5.41, 5.74) is 6.43. The van der Waals surface area contributed by atoms with E-state index in [0.29, 0.717) is 13.2 Å². The molecule has 156 valence electrons. The van der Waals surface area contributed by atoms with Gasteiger partial charge in [0.2, 0.25) is 0 Å². The quantitative estimate of drug-likeness (QED) is 0.472. The average molecular weight is 411 g/mol. The molecule has 4 nitrogen and oxygen atoms in total. The molecule has 5 rings (SSSR count). The Morgan fingerprint density at radius 3 is 2.68 bits per heavy atom. The minimum absolute atomic E-state index is 0.0520. The third-order valence-electron chi connectivity index (χ3n) is 6.08. The van der Waals surface area contributed by atoms with Gasteiger partial charge in [-0.15, -0.1) is 0 Å². The predicted octanol–water partition coefficient (Wildman–Crippen LogP) is 5.66. The summed E-state index contributed by atoms with van der Waals surface area (Å²) in [5.74, 6) is 0.877. The van der Waals surface area contributed by atoms with Crippen molar-refractivity contribution in [3.63, 3.8) is 0 Å². The predicted molar refractivity (Wildman–Crippen MR) is 124 cm³/mol. The number of aromatic amines is 1. The summed E-state index contributed by atoms with van der Waals surface area (Å²) in [6.07, 6.45) is 0.832. The molecule has 1 amide bonds. The Balaban J connectivity index is 1.64. The van der Waals surface area contributed by atoms with Crippen LogP contribution in [0.25, 0.3) is 10.9 Å².